The molecule has 0 N–H and O–H groups in total. The van der Waals surface area contributed by atoms with Gasteiger partial charge in [0, 0.05) is 17.5 Å². The molecular formula is C13H16BrClO2. The van der Waals surface area contributed by atoms with Crippen LogP contribution in [-0.2, 0) is 9.53 Å². The van der Waals surface area contributed by atoms with Gasteiger partial charge in [0.15, 0.2) is 5.78 Å². The summed E-state index contributed by atoms with van der Waals surface area (Å²) in [5.41, 5.74) is 0.849. The summed E-state index contributed by atoms with van der Waals surface area (Å²) in [6, 6.07) is 5.45. The van der Waals surface area contributed by atoms with Crippen molar-refractivity contribution in [1.29, 1.82) is 0 Å². The van der Waals surface area contributed by atoms with E-state index in [4.69, 9.17) is 16.3 Å². The first-order valence-corrected chi connectivity index (χ1v) is 6.86. The van der Waals surface area contributed by atoms with E-state index in [1.54, 1.807) is 6.07 Å². The molecule has 0 saturated heterocycles. The minimum atomic E-state index is -0.478. The SMILES string of the molecule is CCCC(=O)C(OCC)c1ccc(Cl)c(Br)c1. The second-order valence-corrected chi connectivity index (χ2v) is 4.99. The Labute approximate surface area is 115 Å². The Bertz CT molecular complexity index is 393. The number of carbonyl (C=O) groups is 1. The molecule has 1 aromatic carbocycles. The van der Waals surface area contributed by atoms with Crippen LogP contribution in [0.15, 0.2) is 22.7 Å². The van der Waals surface area contributed by atoms with E-state index in [2.05, 4.69) is 15.9 Å². The van der Waals surface area contributed by atoms with Gasteiger partial charge in [-0.2, -0.15) is 0 Å². The van der Waals surface area contributed by atoms with E-state index in [-0.39, 0.29) is 5.78 Å². The van der Waals surface area contributed by atoms with Gasteiger partial charge in [0.2, 0.25) is 0 Å². The molecule has 1 atom stereocenters. The van der Waals surface area contributed by atoms with Crippen LogP contribution in [0.3, 0.4) is 0 Å². The Hall–Kier alpha value is -0.380. The van der Waals surface area contributed by atoms with Crippen molar-refractivity contribution in [3.05, 3.63) is 33.3 Å². The van der Waals surface area contributed by atoms with E-state index in [9.17, 15) is 4.79 Å². The van der Waals surface area contributed by atoms with Crippen molar-refractivity contribution in [2.75, 3.05) is 6.61 Å². The Morgan fingerprint density at radius 1 is 1.47 bits per heavy atom. The number of hydrogen-bond acceptors (Lipinski definition) is 2. The summed E-state index contributed by atoms with van der Waals surface area (Å²) in [7, 11) is 0. The van der Waals surface area contributed by atoms with Crippen LogP contribution in [0, 0.1) is 0 Å². The number of Topliss-reactive ketones (excluding diaryl/α,β-unsaturated/α-hetero) is 1. The van der Waals surface area contributed by atoms with Crippen LogP contribution in [0.25, 0.3) is 0 Å². The van der Waals surface area contributed by atoms with Crippen LogP contribution in [0.4, 0.5) is 0 Å². The number of rotatable bonds is 6. The normalized spacial score (nSPS) is 12.5. The Morgan fingerprint density at radius 3 is 2.71 bits per heavy atom. The molecule has 0 aliphatic rings. The van der Waals surface area contributed by atoms with E-state index in [0.717, 1.165) is 16.5 Å². The molecule has 0 saturated carbocycles. The summed E-state index contributed by atoms with van der Waals surface area (Å²) >= 11 is 9.29. The fraction of sp³-hybridized carbons (Fsp3) is 0.462. The van der Waals surface area contributed by atoms with E-state index in [1.807, 2.05) is 26.0 Å². The average Bonchev–Trinajstić information content (AvgIpc) is 2.30. The van der Waals surface area contributed by atoms with Crippen molar-refractivity contribution in [3.63, 3.8) is 0 Å². The minimum Gasteiger partial charge on any atom is -0.366 e. The minimum absolute atomic E-state index is 0.114. The van der Waals surface area contributed by atoms with Gasteiger partial charge in [0.25, 0.3) is 0 Å². The van der Waals surface area contributed by atoms with Gasteiger partial charge < -0.3 is 4.74 Å². The molecule has 0 spiro atoms. The quantitative estimate of drug-likeness (QED) is 0.769. The molecule has 0 aliphatic carbocycles. The maximum absolute atomic E-state index is 12.0. The Kier molecular flexibility index (Phi) is 6.17. The van der Waals surface area contributed by atoms with Gasteiger partial charge >= 0.3 is 0 Å². The lowest BCUT2D eigenvalue weighted by molar-refractivity contribution is -0.130. The Balaban J connectivity index is 2.96. The first-order valence-electron chi connectivity index (χ1n) is 5.69. The molecular weight excluding hydrogens is 303 g/mol. The molecule has 0 aliphatic heterocycles. The van der Waals surface area contributed by atoms with Crippen LogP contribution in [0.2, 0.25) is 5.02 Å². The van der Waals surface area contributed by atoms with Gasteiger partial charge in [-0.15, -0.1) is 0 Å². The van der Waals surface area contributed by atoms with Gasteiger partial charge in [-0.3, -0.25) is 4.79 Å². The summed E-state index contributed by atoms with van der Waals surface area (Å²) in [6.45, 7) is 4.39. The molecule has 1 unspecified atom stereocenters. The lowest BCUT2D eigenvalue weighted by atomic mass is 10.0. The van der Waals surface area contributed by atoms with Crippen LogP contribution >= 0.6 is 27.5 Å². The van der Waals surface area contributed by atoms with E-state index in [1.165, 1.54) is 0 Å². The number of hydrogen-bond donors (Lipinski definition) is 0. The second-order valence-electron chi connectivity index (χ2n) is 3.73. The standard InChI is InChI=1S/C13H16BrClO2/c1-3-5-12(16)13(17-4-2)9-6-7-11(15)10(14)8-9/h6-8,13H,3-5H2,1-2H3. The molecule has 17 heavy (non-hydrogen) atoms. The van der Waals surface area contributed by atoms with Crippen LogP contribution < -0.4 is 0 Å². The molecule has 2 nitrogen and oxygen atoms in total. The molecule has 4 heteroatoms. The summed E-state index contributed by atoms with van der Waals surface area (Å²) in [6.07, 6.45) is 0.885. The van der Waals surface area contributed by atoms with E-state index < -0.39 is 6.10 Å². The molecule has 0 fully saturated rings. The third kappa shape index (κ3) is 4.09. The second kappa shape index (κ2) is 7.14. The van der Waals surface area contributed by atoms with Gasteiger partial charge in [0.1, 0.15) is 6.10 Å². The monoisotopic (exact) mass is 318 g/mol. The zero-order valence-electron chi connectivity index (χ0n) is 10.0. The lowest BCUT2D eigenvalue weighted by Crippen LogP contribution is -2.15. The molecule has 1 rings (SSSR count). The van der Waals surface area contributed by atoms with E-state index in [0.29, 0.717) is 18.1 Å². The van der Waals surface area contributed by atoms with Crippen LogP contribution in [0.1, 0.15) is 38.4 Å². The highest BCUT2D eigenvalue weighted by atomic mass is 79.9. The first kappa shape index (κ1) is 14.7. The molecule has 94 valence electrons. The topological polar surface area (TPSA) is 26.3 Å². The molecule has 0 heterocycles. The highest BCUT2D eigenvalue weighted by molar-refractivity contribution is 9.10. The smallest absolute Gasteiger partial charge is 0.166 e. The number of carbonyl (C=O) groups excluding carboxylic acids is 1. The van der Waals surface area contributed by atoms with Gasteiger partial charge in [-0.25, -0.2) is 0 Å². The third-order valence-corrected chi connectivity index (χ3v) is 3.58. The highest BCUT2D eigenvalue weighted by Gasteiger charge is 2.20. The highest BCUT2D eigenvalue weighted by Crippen LogP contribution is 2.28. The van der Waals surface area contributed by atoms with Crippen molar-refractivity contribution in [1.82, 2.24) is 0 Å². The molecule has 1 aromatic rings. The molecule has 0 amide bonds. The first-order chi connectivity index (χ1) is 8.10. The zero-order chi connectivity index (χ0) is 12.8. The molecule has 0 aromatic heterocycles. The average molecular weight is 320 g/mol. The maximum atomic E-state index is 12.0. The summed E-state index contributed by atoms with van der Waals surface area (Å²) in [5.74, 6) is 0.114. The zero-order valence-corrected chi connectivity index (χ0v) is 12.3. The van der Waals surface area contributed by atoms with Crippen LogP contribution in [-0.4, -0.2) is 12.4 Å². The van der Waals surface area contributed by atoms with Crippen molar-refractivity contribution >= 4 is 33.3 Å². The van der Waals surface area contributed by atoms with Crippen molar-refractivity contribution in [3.8, 4) is 0 Å². The predicted octanol–water partition coefficient (Wildman–Crippen LogP) is 4.55. The van der Waals surface area contributed by atoms with Crippen molar-refractivity contribution < 1.29 is 9.53 Å². The fourth-order valence-corrected chi connectivity index (χ4v) is 2.11. The van der Waals surface area contributed by atoms with Gasteiger partial charge in [-0.05, 0) is 47.0 Å². The molecule has 0 bridgehead atoms. The van der Waals surface area contributed by atoms with Crippen LogP contribution in [0.5, 0.6) is 0 Å². The fourth-order valence-electron chi connectivity index (χ4n) is 1.59. The number of ketones is 1. The molecule has 0 radical (unpaired) electrons. The van der Waals surface area contributed by atoms with Crippen molar-refractivity contribution in [2.45, 2.75) is 32.8 Å². The number of halogens is 2. The van der Waals surface area contributed by atoms with Gasteiger partial charge in [-0.1, -0.05) is 24.6 Å². The van der Waals surface area contributed by atoms with Gasteiger partial charge in [0.05, 0.1) is 5.02 Å². The number of benzene rings is 1. The number of ether oxygens (including phenoxy) is 1. The summed E-state index contributed by atoms with van der Waals surface area (Å²) in [5, 5.41) is 0.631. The largest absolute Gasteiger partial charge is 0.366 e. The van der Waals surface area contributed by atoms with Crippen molar-refractivity contribution in [2.24, 2.45) is 0 Å². The van der Waals surface area contributed by atoms with E-state index >= 15 is 0 Å². The maximum Gasteiger partial charge on any atom is 0.166 e. The summed E-state index contributed by atoms with van der Waals surface area (Å²) < 4.78 is 6.31. The summed E-state index contributed by atoms with van der Waals surface area (Å²) in [4.78, 5) is 12.0. The third-order valence-electron chi connectivity index (χ3n) is 2.37. The Morgan fingerprint density at radius 2 is 2.18 bits per heavy atom. The predicted molar refractivity (Wildman–Crippen MR) is 73.4 cm³/mol. The lowest BCUT2D eigenvalue weighted by Gasteiger charge is -2.16.